The van der Waals surface area contributed by atoms with Crippen molar-refractivity contribution in [2.45, 2.75) is 25.6 Å². The summed E-state index contributed by atoms with van der Waals surface area (Å²) in [5.74, 6) is 1.47. The van der Waals surface area contributed by atoms with E-state index < -0.39 is 6.10 Å². The van der Waals surface area contributed by atoms with E-state index in [1.807, 2.05) is 20.0 Å². The maximum Gasteiger partial charge on any atom is 0.166 e. The van der Waals surface area contributed by atoms with Gasteiger partial charge in [0.25, 0.3) is 0 Å². The maximum absolute atomic E-state index is 10.1. The van der Waals surface area contributed by atoms with Crippen molar-refractivity contribution in [1.82, 2.24) is 5.32 Å². The van der Waals surface area contributed by atoms with E-state index in [0.717, 1.165) is 27.8 Å². The Morgan fingerprint density at radius 2 is 2.39 bits per heavy atom. The maximum atomic E-state index is 10.1. The molecule has 0 aromatic heterocycles. The summed E-state index contributed by atoms with van der Waals surface area (Å²) in [5, 5.41) is 13.1. The van der Waals surface area contributed by atoms with Crippen LogP contribution in [0.2, 0.25) is 0 Å². The highest BCUT2D eigenvalue weighted by atomic mass is 79.9. The van der Waals surface area contributed by atoms with Crippen molar-refractivity contribution in [3.63, 3.8) is 0 Å². The summed E-state index contributed by atoms with van der Waals surface area (Å²) in [6.45, 7) is 2.52. The van der Waals surface area contributed by atoms with Gasteiger partial charge in [0.05, 0.1) is 13.2 Å². The van der Waals surface area contributed by atoms with E-state index in [-0.39, 0.29) is 6.10 Å². The first-order valence-corrected chi connectivity index (χ1v) is 6.76. The van der Waals surface area contributed by atoms with Crippen molar-refractivity contribution in [1.29, 1.82) is 0 Å². The molecule has 2 atom stereocenters. The third-order valence-corrected chi connectivity index (χ3v) is 4.03. The number of methoxy groups -OCH3 is 1. The Kier molecular flexibility index (Phi) is 4.14. The van der Waals surface area contributed by atoms with Gasteiger partial charge in [0.15, 0.2) is 11.5 Å². The summed E-state index contributed by atoms with van der Waals surface area (Å²) in [7, 11) is 3.43. The standard InChI is InChI=1S/C13H18BrNO3/c1-7-4-9-12(14)8(10(16)6-15-2)5-11(17-3)13(9)18-7/h5,7,10,15-16H,4,6H2,1-3H3. The molecule has 4 nitrogen and oxygen atoms in total. The minimum absolute atomic E-state index is 0.141. The zero-order valence-electron chi connectivity index (χ0n) is 10.8. The number of aliphatic hydroxyl groups excluding tert-OH is 1. The molecule has 5 heteroatoms. The number of rotatable bonds is 4. The summed E-state index contributed by atoms with van der Waals surface area (Å²) >= 11 is 3.57. The lowest BCUT2D eigenvalue weighted by atomic mass is 10.0. The van der Waals surface area contributed by atoms with Gasteiger partial charge >= 0.3 is 0 Å². The van der Waals surface area contributed by atoms with E-state index in [4.69, 9.17) is 9.47 Å². The second-order valence-electron chi connectivity index (χ2n) is 4.50. The van der Waals surface area contributed by atoms with Crippen LogP contribution in [0.5, 0.6) is 11.5 Å². The SMILES string of the molecule is CNCC(O)c1cc(OC)c2c(c1Br)CC(C)O2. The van der Waals surface area contributed by atoms with Gasteiger partial charge in [-0.3, -0.25) is 0 Å². The monoisotopic (exact) mass is 315 g/mol. The van der Waals surface area contributed by atoms with Crippen LogP contribution >= 0.6 is 15.9 Å². The summed E-state index contributed by atoms with van der Waals surface area (Å²) in [5.41, 5.74) is 1.91. The van der Waals surface area contributed by atoms with Gasteiger partial charge in [-0.25, -0.2) is 0 Å². The first kappa shape index (κ1) is 13.6. The molecule has 0 amide bonds. The Balaban J connectivity index is 2.47. The molecule has 2 unspecified atom stereocenters. The molecule has 2 N–H and O–H groups in total. The van der Waals surface area contributed by atoms with E-state index in [9.17, 15) is 5.11 Å². The van der Waals surface area contributed by atoms with Crippen molar-refractivity contribution >= 4 is 15.9 Å². The summed E-state index contributed by atoms with van der Waals surface area (Å²) in [4.78, 5) is 0. The number of hydrogen-bond acceptors (Lipinski definition) is 4. The highest BCUT2D eigenvalue weighted by molar-refractivity contribution is 9.10. The lowest BCUT2D eigenvalue weighted by molar-refractivity contribution is 0.176. The van der Waals surface area contributed by atoms with E-state index in [1.165, 1.54) is 0 Å². The first-order valence-electron chi connectivity index (χ1n) is 5.97. The van der Waals surface area contributed by atoms with E-state index in [1.54, 1.807) is 7.11 Å². The Labute approximate surface area is 115 Å². The third kappa shape index (κ3) is 2.35. The quantitative estimate of drug-likeness (QED) is 0.892. The van der Waals surface area contributed by atoms with Crippen molar-refractivity contribution in [3.8, 4) is 11.5 Å². The minimum Gasteiger partial charge on any atom is -0.493 e. The lowest BCUT2D eigenvalue weighted by Gasteiger charge is -2.17. The predicted octanol–water partition coefficient (Wildman–Crippen LogP) is 2.03. The normalized spacial score (nSPS) is 19.3. The lowest BCUT2D eigenvalue weighted by Crippen LogP contribution is -2.17. The average Bonchev–Trinajstić information content (AvgIpc) is 2.72. The van der Waals surface area contributed by atoms with Gasteiger partial charge in [0, 0.05) is 28.6 Å². The Morgan fingerprint density at radius 3 is 3.00 bits per heavy atom. The minimum atomic E-state index is -0.570. The zero-order valence-corrected chi connectivity index (χ0v) is 12.4. The zero-order chi connectivity index (χ0) is 13.3. The number of likely N-dealkylation sites (N-methyl/N-ethyl adjacent to an activating group) is 1. The summed E-state index contributed by atoms with van der Waals surface area (Å²) in [6, 6.07) is 1.84. The Morgan fingerprint density at radius 1 is 1.67 bits per heavy atom. The van der Waals surface area contributed by atoms with Crippen LogP contribution in [0.4, 0.5) is 0 Å². The summed E-state index contributed by atoms with van der Waals surface area (Å²) in [6.07, 6.45) is 0.397. The molecule has 0 spiro atoms. The number of benzene rings is 1. The van der Waals surface area contributed by atoms with Gasteiger partial charge in [0.2, 0.25) is 0 Å². The van der Waals surface area contributed by atoms with Gasteiger partial charge in [-0.05, 0) is 36.0 Å². The number of aliphatic hydroxyl groups is 1. The largest absolute Gasteiger partial charge is 0.493 e. The van der Waals surface area contributed by atoms with Gasteiger partial charge in [-0.2, -0.15) is 0 Å². The molecule has 18 heavy (non-hydrogen) atoms. The molecule has 2 rings (SSSR count). The number of nitrogens with one attached hydrogen (secondary N) is 1. The number of fused-ring (bicyclic) bond motifs is 1. The number of hydrogen-bond donors (Lipinski definition) is 2. The molecule has 1 aromatic carbocycles. The number of halogens is 1. The fourth-order valence-corrected chi connectivity index (χ4v) is 2.95. The predicted molar refractivity (Wildman–Crippen MR) is 73.4 cm³/mol. The number of ether oxygens (including phenoxy) is 2. The third-order valence-electron chi connectivity index (χ3n) is 3.09. The van der Waals surface area contributed by atoms with Crippen LogP contribution in [0.25, 0.3) is 0 Å². The molecule has 0 saturated heterocycles. The van der Waals surface area contributed by atoms with Crippen LogP contribution in [-0.2, 0) is 6.42 Å². The van der Waals surface area contributed by atoms with Crippen LogP contribution < -0.4 is 14.8 Å². The topological polar surface area (TPSA) is 50.7 Å². The van der Waals surface area contributed by atoms with Crippen LogP contribution in [0, 0.1) is 0 Å². The smallest absolute Gasteiger partial charge is 0.166 e. The van der Waals surface area contributed by atoms with E-state index >= 15 is 0 Å². The molecule has 0 bridgehead atoms. The highest BCUT2D eigenvalue weighted by Gasteiger charge is 2.28. The van der Waals surface area contributed by atoms with Gasteiger partial charge in [0.1, 0.15) is 6.10 Å². The van der Waals surface area contributed by atoms with Crippen molar-refractivity contribution in [2.24, 2.45) is 0 Å². The van der Waals surface area contributed by atoms with E-state index in [0.29, 0.717) is 12.3 Å². The molecule has 1 heterocycles. The van der Waals surface area contributed by atoms with Crippen LogP contribution in [0.1, 0.15) is 24.2 Å². The fraction of sp³-hybridized carbons (Fsp3) is 0.538. The second kappa shape index (κ2) is 5.47. The highest BCUT2D eigenvalue weighted by Crippen LogP contribution is 2.45. The average molecular weight is 316 g/mol. The first-order chi connectivity index (χ1) is 8.58. The van der Waals surface area contributed by atoms with Crippen LogP contribution in [0.3, 0.4) is 0 Å². The molecular weight excluding hydrogens is 298 g/mol. The molecule has 1 aliphatic rings. The summed E-state index contributed by atoms with van der Waals surface area (Å²) < 4.78 is 12.0. The molecule has 1 aromatic rings. The molecule has 0 aliphatic carbocycles. The van der Waals surface area contributed by atoms with Crippen molar-refractivity contribution in [3.05, 3.63) is 21.7 Å². The Hall–Kier alpha value is -0.780. The van der Waals surface area contributed by atoms with Crippen LogP contribution in [0.15, 0.2) is 10.5 Å². The van der Waals surface area contributed by atoms with Crippen LogP contribution in [-0.4, -0.2) is 31.9 Å². The fourth-order valence-electron chi connectivity index (χ4n) is 2.23. The Bertz CT molecular complexity index is 450. The second-order valence-corrected chi connectivity index (χ2v) is 5.29. The van der Waals surface area contributed by atoms with Gasteiger partial charge in [-0.1, -0.05) is 0 Å². The molecular formula is C13H18BrNO3. The van der Waals surface area contributed by atoms with E-state index in [2.05, 4.69) is 21.2 Å². The van der Waals surface area contributed by atoms with Gasteiger partial charge in [-0.15, -0.1) is 0 Å². The molecule has 1 aliphatic heterocycles. The van der Waals surface area contributed by atoms with Crippen molar-refractivity contribution < 1.29 is 14.6 Å². The van der Waals surface area contributed by atoms with Crippen molar-refractivity contribution in [2.75, 3.05) is 20.7 Å². The molecule has 0 fully saturated rings. The molecule has 0 radical (unpaired) electrons. The molecule has 100 valence electrons. The molecule has 0 saturated carbocycles. The van der Waals surface area contributed by atoms with Gasteiger partial charge < -0.3 is 19.9 Å².